The van der Waals surface area contributed by atoms with Gasteiger partial charge in [-0.2, -0.15) is 5.10 Å². The number of aliphatic hydroxyl groups excluding tert-OH is 1. The molecule has 0 aliphatic rings. The summed E-state index contributed by atoms with van der Waals surface area (Å²) in [5.74, 6) is -0.251. The van der Waals surface area contributed by atoms with Crippen LogP contribution in [0.25, 0.3) is 0 Å². The first-order valence-corrected chi connectivity index (χ1v) is 4.82. The smallest absolute Gasteiger partial charge is 0.242 e. The Bertz CT molecular complexity index is 339. The van der Waals surface area contributed by atoms with Gasteiger partial charge < -0.3 is 20.9 Å². The molecule has 0 radical (unpaired) electrons. The molecule has 0 aromatic carbocycles. The van der Waals surface area contributed by atoms with E-state index in [0.29, 0.717) is 5.69 Å². The van der Waals surface area contributed by atoms with Crippen LogP contribution >= 0.6 is 0 Å². The van der Waals surface area contributed by atoms with Crippen molar-refractivity contribution in [2.24, 2.45) is 0 Å². The van der Waals surface area contributed by atoms with Gasteiger partial charge in [-0.15, -0.1) is 0 Å². The number of hydrogen-bond donors (Lipinski definition) is 3. The third-order valence-electron chi connectivity index (χ3n) is 1.91. The van der Waals surface area contributed by atoms with Crippen LogP contribution in [0.4, 0.5) is 5.69 Å². The second-order valence-corrected chi connectivity index (χ2v) is 3.37. The van der Waals surface area contributed by atoms with E-state index in [1.165, 1.54) is 18.0 Å². The molecule has 4 N–H and O–H groups in total. The van der Waals surface area contributed by atoms with Crippen molar-refractivity contribution in [2.45, 2.75) is 12.6 Å². The molecule has 1 amide bonds. The molecule has 7 nitrogen and oxygen atoms in total. The van der Waals surface area contributed by atoms with Gasteiger partial charge >= 0.3 is 0 Å². The number of anilines is 1. The van der Waals surface area contributed by atoms with Gasteiger partial charge in [0.15, 0.2) is 0 Å². The number of ether oxygens (including phenoxy) is 1. The zero-order chi connectivity index (χ0) is 12.0. The molecule has 0 saturated carbocycles. The monoisotopic (exact) mass is 228 g/mol. The molecule has 1 rings (SSSR count). The van der Waals surface area contributed by atoms with E-state index in [1.807, 2.05) is 0 Å². The van der Waals surface area contributed by atoms with Crippen molar-refractivity contribution in [3.63, 3.8) is 0 Å². The van der Waals surface area contributed by atoms with Gasteiger partial charge in [-0.1, -0.05) is 0 Å². The van der Waals surface area contributed by atoms with E-state index in [0.717, 1.165) is 0 Å². The summed E-state index contributed by atoms with van der Waals surface area (Å²) in [6.07, 6.45) is 3.02. The van der Waals surface area contributed by atoms with Crippen LogP contribution in [0.1, 0.15) is 0 Å². The Balaban J connectivity index is 2.40. The Labute approximate surface area is 93.2 Å². The number of nitrogens with one attached hydrogen (secondary N) is 1. The van der Waals surface area contributed by atoms with Gasteiger partial charge in [0.05, 0.1) is 31.1 Å². The van der Waals surface area contributed by atoms with E-state index in [4.69, 9.17) is 15.6 Å². The molecular weight excluding hydrogens is 212 g/mol. The highest BCUT2D eigenvalue weighted by Crippen LogP contribution is 1.97. The number of carbonyl (C=O) groups excluding carboxylic acids is 1. The van der Waals surface area contributed by atoms with E-state index >= 15 is 0 Å². The van der Waals surface area contributed by atoms with Gasteiger partial charge in [0.2, 0.25) is 5.91 Å². The van der Waals surface area contributed by atoms with Gasteiger partial charge in [0, 0.05) is 13.3 Å². The second kappa shape index (κ2) is 6.09. The van der Waals surface area contributed by atoms with Gasteiger partial charge in [0.25, 0.3) is 0 Å². The molecule has 90 valence electrons. The van der Waals surface area contributed by atoms with Crippen molar-refractivity contribution >= 4 is 11.6 Å². The van der Waals surface area contributed by atoms with Crippen LogP contribution in [0, 0.1) is 0 Å². The number of nitrogens with zero attached hydrogens (tertiary/aromatic N) is 2. The third kappa shape index (κ3) is 3.87. The van der Waals surface area contributed by atoms with Crippen LogP contribution in [0.2, 0.25) is 0 Å². The Morgan fingerprint density at radius 2 is 2.56 bits per heavy atom. The Morgan fingerprint density at radius 1 is 1.81 bits per heavy atom. The van der Waals surface area contributed by atoms with Gasteiger partial charge in [0.1, 0.15) is 6.54 Å². The Hall–Kier alpha value is -1.60. The Morgan fingerprint density at radius 3 is 3.06 bits per heavy atom. The van der Waals surface area contributed by atoms with Crippen LogP contribution < -0.4 is 11.1 Å². The van der Waals surface area contributed by atoms with Gasteiger partial charge in [-0.05, 0) is 0 Å². The topological polar surface area (TPSA) is 102 Å². The highest BCUT2D eigenvalue weighted by atomic mass is 16.5. The first-order valence-electron chi connectivity index (χ1n) is 4.82. The van der Waals surface area contributed by atoms with E-state index in [1.54, 1.807) is 6.20 Å². The first kappa shape index (κ1) is 12.5. The number of aromatic nitrogens is 2. The number of hydrogen-bond acceptors (Lipinski definition) is 5. The lowest BCUT2D eigenvalue weighted by atomic mass is 10.3. The molecule has 1 unspecified atom stereocenters. The molecule has 1 atom stereocenters. The molecule has 16 heavy (non-hydrogen) atoms. The largest absolute Gasteiger partial charge is 0.396 e. The molecule has 0 aliphatic heterocycles. The van der Waals surface area contributed by atoms with Crippen LogP contribution in [-0.4, -0.2) is 47.2 Å². The second-order valence-electron chi connectivity index (χ2n) is 3.37. The SMILES string of the molecule is COCC(CO)NC(=O)Cn1cc(N)cn1. The maximum absolute atomic E-state index is 11.5. The summed E-state index contributed by atoms with van der Waals surface area (Å²) in [4.78, 5) is 11.5. The molecule has 7 heteroatoms. The molecule has 0 spiro atoms. The lowest BCUT2D eigenvalue weighted by molar-refractivity contribution is -0.123. The zero-order valence-electron chi connectivity index (χ0n) is 9.09. The number of nitrogen functional groups attached to an aromatic ring is 1. The highest BCUT2D eigenvalue weighted by Gasteiger charge is 2.11. The Kier molecular flexibility index (Phi) is 4.74. The molecule has 1 heterocycles. The minimum absolute atomic E-state index is 0.0669. The number of aliphatic hydroxyl groups is 1. The lowest BCUT2D eigenvalue weighted by Crippen LogP contribution is -2.42. The fourth-order valence-corrected chi connectivity index (χ4v) is 1.23. The maximum Gasteiger partial charge on any atom is 0.242 e. The van der Waals surface area contributed by atoms with Crippen molar-refractivity contribution in [3.8, 4) is 0 Å². The molecule has 1 aromatic rings. The average Bonchev–Trinajstić information content (AvgIpc) is 2.63. The van der Waals surface area contributed by atoms with Gasteiger partial charge in [-0.3, -0.25) is 9.48 Å². The van der Waals surface area contributed by atoms with Crippen LogP contribution in [0.5, 0.6) is 0 Å². The predicted octanol–water partition coefficient (Wildman–Crippen LogP) is -1.41. The minimum Gasteiger partial charge on any atom is -0.396 e. The quantitative estimate of drug-likeness (QED) is 0.555. The first-order chi connectivity index (χ1) is 7.65. The molecular formula is C9H16N4O3. The minimum atomic E-state index is -0.398. The summed E-state index contributed by atoms with van der Waals surface area (Å²) in [6, 6.07) is -0.398. The fraction of sp³-hybridized carbons (Fsp3) is 0.556. The molecule has 0 aliphatic carbocycles. The van der Waals surface area contributed by atoms with E-state index < -0.39 is 6.04 Å². The zero-order valence-corrected chi connectivity index (χ0v) is 9.09. The summed E-state index contributed by atoms with van der Waals surface area (Å²) in [7, 11) is 1.50. The normalized spacial score (nSPS) is 12.4. The number of rotatable bonds is 6. The van der Waals surface area contributed by atoms with Crippen molar-refractivity contribution in [1.29, 1.82) is 0 Å². The van der Waals surface area contributed by atoms with Crippen LogP contribution in [0.3, 0.4) is 0 Å². The third-order valence-corrected chi connectivity index (χ3v) is 1.91. The standard InChI is InChI=1S/C9H16N4O3/c1-16-6-8(5-14)12-9(15)4-13-3-7(10)2-11-13/h2-3,8,14H,4-6,10H2,1H3,(H,12,15). The summed E-state index contributed by atoms with van der Waals surface area (Å²) < 4.78 is 6.26. The maximum atomic E-state index is 11.5. The summed E-state index contributed by atoms with van der Waals surface area (Å²) >= 11 is 0. The highest BCUT2D eigenvalue weighted by molar-refractivity contribution is 5.76. The summed E-state index contributed by atoms with van der Waals surface area (Å²) in [5, 5.41) is 15.4. The fourth-order valence-electron chi connectivity index (χ4n) is 1.23. The molecule has 1 aromatic heterocycles. The van der Waals surface area contributed by atoms with E-state index in [-0.39, 0.29) is 25.7 Å². The van der Waals surface area contributed by atoms with Crippen molar-refractivity contribution in [1.82, 2.24) is 15.1 Å². The number of nitrogens with two attached hydrogens (primary N) is 1. The van der Waals surface area contributed by atoms with Crippen molar-refractivity contribution in [3.05, 3.63) is 12.4 Å². The van der Waals surface area contributed by atoms with E-state index in [2.05, 4.69) is 10.4 Å². The summed E-state index contributed by atoms with van der Waals surface area (Å²) in [5.41, 5.74) is 5.96. The predicted molar refractivity (Wildman–Crippen MR) is 57.5 cm³/mol. The number of methoxy groups -OCH3 is 1. The van der Waals surface area contributed by atoms with Crippen molar-refractivity contribution in [2.75, 3.05) is 26.1 Å². The van der Waals surface area contributed by atoms with E-state index in [9.17, 15) is 4.79 Å². The molecule has 0 bridgehead atoms. The summed E-state index contributed by atoms with van der Waals surface area (Å²) in [6.45, 7) is 0.168. The van der Waals surface area contributed by atoms with Crippen molar-refractivity contribution < 1.29 is 14.6 Å². The van der Waals surface area contributed by atoms with Crippen LogP contribution in [-0.2, 0) is 16.1 Å². The number of amides is 1. The molecule has 0 fully saturated rings. The van der Waals surface area contributed by atoms with Crippen LogP contribution in [0.15, 0.2) is 12.4 Å². The number of carbonyl (C=O) groups is 1. The average molecular weight is 228 g/mol. The lowest BCUT2D eigenvalue weighted by Gasteiger charge is -2.14. The molecule has 0 saturated heterocycles. The van der Waals surface area contributed by atoms with Gasteiger partial charge in [-0.25, -0.2) is 0 Å².